The van der Waals surface area contributed by atoms with Crippen LogP contribution in [0.5, 0.6) is 0 Å². The molecule has 0 saturated carbocycles. The summed E-state index contributed by atoms with van der Waals surface area (Å²) in [5, 5.41) is 7.81. The molecule has 2 aromatic rings. The fourth-order valence-electron chi connectivity index (χ4n) is 2.12. The Hall–Kier alpha value is -1.68. The van der Waals surface area contributed by atoms with Gasteiger partial charge < -0.3 is 5.32 Å². The van der Waals surface area contributed by atoms with Crippen molar-refractivity contribution in [1.82, 2.24) is 15.1 Å². The molecule has 1 aromatic heterocycles. The molecule has 20 heavy (non-hydrogen) atoms. The van der Waals surface area contributed by atoms with Crippen molar-refractivity contribution < 1.29 is 4.39 Å². The first-order chi connectivity index (χ1) is 9.56. The monoisotopic (exact) mass is 275 g/mol. The summed E-state index contributed by atoms with van der Waals surface area (Å²) < 4.78 is 15.1. The van der Waals surface area contributed by atoms with Crippen molar-refractivity contribution in [1.29, 1.82) is 0 Å². The largest absolute Gasteiger partial charge is 0.312 e. The summed E-state index contributed by atoms with van der Waals surface area (Å²) >= 11 is 0. The molecule has 0 bridgehead atoms. The van der Waals surface area contributed by atoms with Crippen LogP contribution in [0, 0.1) is 18.7 Å². The number of rotatable bonds is 6. The zero-order valence-corrected chi connectivity index (χ0v) is 12.4. The minimum Gasteiger partial charge on any atom is -0.312 e. The molecule has 0 saturated heterocycles. The SMILES string of the molecule is Cc1c(CNCC(C)C)cnn1Cc1cccc(F)c1. The first-order valence-corrected chi connectivity index (χ1v) is 7.02. The van der Waals surface area contributed by atoms with E-state index in [1.54, 1.807) is 12.1 Å². The number of halogens is 1. The van der Waals surface area contributed by atoms with Crippen LogP contribution in [-0.2, 0) is 13.1 Å². The van der Waals surface area contributed by atoms with Crippen LogP contribution in [-0.4, -0.2) is 16.3 Å². The van der Waals surface area contributed by atoms with Crippen LogP contribution < -0.4 is 5.32 Å². The zero-order chi connectivity index (χ0) is 14.5. The Labute approximate surface area is 119 Å². The minimum absolute atomic E-state index is 0.203. The number of nitrogens with one attached hydrogen (secondary N) is 1. The number of nitrogens with zero attached hydrogens (tertiary/aromatic N) is 2. The van der Waals surface area contributed by atoms with Crippen LogP contribution in [0.1, 0.15) is 30.7 Å². The van der Waals surface area contributed by atoms with Gasteiger partial charge in [-0.2, -0.15) is 5.10 Å². The first-order valence-electron chi connectivity index (χ1n) is 7.02. The van der Waals surface area contributed by atoms with Gasteiger partial charge in [-0.15, -0.1) is 0 Å². The van der Waals surface area contributed by atoms with Crippen LogP contribution in [0.4, 0.5) is 4.39 Å². The molecule has 0 atom stereocenters. The topological polar surface area (TPSA) is 29.9 Å². The van der Waals surface area contributed by atoms with Gasteiger partial charge in [0.25, 0.3) is 0 Å². The molecule has 0 spiro atoms. The molecule has 1 N–H and O–H groups in total. The lowest BCUT2D eigenvalue weighted by Gasteiger charge is -2.08. The van der Waals surface area contributed by atoms with E-state index in [0.717, 1.165) is 24.3 Å². The van der Waals surface area contributed by atoms with Crippen molar-refractivity contribution in [2.24, 2.45) is 5.92 Å². The van der Waals surface area contributed by atoms with Gasteiger partial charge in [0.15, 0.2) is 0 Å². The third-order valence-electron chi connectivity index (χ3n) is 3.29. The van der Waals surface area contributed by atoms with Crippen molar-refractivity contribution in [3.8, 4) is 0 Å². The molecule has 0 aliphatic heterocycles. The van der Waals surface area contributed by atoms with E-state index in [1.807, 2.05) is 16.9 Å². The van der Waals surface area contributed by atoms with Gasteiger partial charge >= 0.3 is 0 Å². The van der Waals surface area contributed by atoms with Crippen molar-refractivity contribution in [2.75, 3.05) is 6.54 Å². The van der Waals surface area contributed by atoms with Gasteiger partial charge in [0.1, 0.15) is 5.82 Å². The van der Waals surface area contributed by atoms with Crippen molar-refractivity contribution in [2.45, 2.75) is 33.9 Å². The smallest absolute Gasteiger partial charge is 0.123 e. The van der Waals surface area contributed by atoms with E-state index in [-0.39, 0.29) is 5.82 Å². The molecule has 0 aliphatic carbocycles. The van der Waals surface area contributed by atoms with E-state index in [1.165, 1.54) is 11.6 Å². The summed E-state index contributed by atoms with van der Waals surface area (Å²) in [5.74, 6) is 0.434. The molecule has 3 nitrogen and oxygen atoms in total. The molecule has 4 heteroatoms. The maximum absolute atomic E-state index is 13.2. The van der Waals surface area contributed by atoms with Crippen LogP contribution >= 0.6 is 0 Å². The second-order valence-corrected chi connectivity index (χ2v) is 5.57. The van der Waals surface area contributed by atoms with E-state index in [4.69, 9.17) is 0 Å². The van der Waals surface area contributed by atoms with Gasteiger partial charge in [-0.05, 0) is 37.1 Å². The molecule has 2 rings (SSSR count). The average Bonchev–Trinajstić information content (AvgIpc) is 2.71. The average molecular weight is 275 g/mol. The zero-order valence-electron chi connectivity index (χ0n) is 12.4. The highest BCUT2D eigenvalue weighted by atomic mass is 19.1. The highest BCUT2D eigenvalue weighted by Gasteiger charge is 2.07. The first kappa shape index (κ1) is 14.7. The number of aromatic nitrogens is 2. The molecule has 0 fully saturated rings. The Kier molecular flexibility index (Phi) is 4.90. The Morgan fingerprint density at radius 2 is 2.15 bits per heavy atom. The number of benzene rings is 1. The van der Waals surface area contributed by atoms with Gasteiger partial charge in [-0.25, -0.2) is 4.39 Å². The summed E-state index contributed by atoms with van der Waals surface area (Å²) in [6.45, 7) is 8.86. The fraction of sp³-hybridized carbons (Fsp3) is 0.438. The lowest BCUT2D eigenvalue weighted by atomic mass is 10.2. The van der Waals surface area contributed by atoms with Crippen LogP contribution in [0.25, 0.3) is 0 Å². The third kappa shape index (κ3) is 3.90. The van der Waals surface area contributed by atoms with Gasteiger partial charge in [0, 0.05) is 17.8 Å². The Bertz CT molecular complexity index is 561. The second-order valence-electron chi connectivity index (χ2n) is 5.57. The van der Waals surface area contributed by atoms with Crippen molar-refractivity contribution >= 4 is 0 Å². The third-order valence-corrected chi connectivity index (χ3v) is 3.29. The second kappa shape index (κ2) is 6.66. The quantitative estimate of drug-likeness (QED) is 0.878. The number of hydrogen-bond donors (Lipinski definition) is 1. The molecular formula is C16H22FN3. The van der Waals surface area contributed by atoms with Crippen molar-refractivity contribution in [3.63, 3.8) is 0 Å². The van der Waals surface area contributed by atoms with Crippen LogP contribution in [0.3, 0.4) is 0 Å². The molecule has 108 valence electrons. The lowest BCUT2D eigenvalue weighted by molar-refractivity contribution is 0.550. The lowest BCUT2D eigenvalue weighted by Crippen LogP contribution is -2.19. The highest BCUT2D eigenvalue weighted by molar-refractivity contribution is 5.20. The maximum Gasteiger partial charge on any atom is 0.123 e. The number of hydrogen-bond acceptors (Lipinski definition) is 2. The van der Waals surface area contributed by atoms with Gasteiger partial charge in [-0.1, -0.05) is 26.0 Å². The van der Waals surface area contributed by atoms with E-state index in [0.29, 0.717) is 12.5 Å². The molecule has 1 aromatic carbocycles. The summed E-state index contributed by atoms with van der Waals surface area (Å²) in [6.07, 6.45) is 1.89. The van der Waals surface area contributed by atoms with E-state index >= 15 is 0 Å². The normalized spacial score (nSPS) is 11.2. The fourth-order valence-corrected chi connectivity index (χ4v) is 2.12. The minimum atomic E-state index is -0.203. The molecular weight excluding hydrogens is 253 g/mol. The Morgan fingerprint density at radius 3 is 2.85 bits per heavy atom. The van der Waals surface area contributed by atoms with Crippen molar-refractivity contribution in [3.05, 3.63) is 53.1 Å². The highest BCUT2D eigenvalue weighted by Crippen LogP contribution is 2.11. The Morgan fingerprint density at radius 1 is 1.35 bits per heavy atom. The summed E-state index contributed by atoms with van der Waals surface area (Å²) in [4.78, 5) is 0. The molecule has 0 radical (unpaired) electrons. The van der Waals surface area contributed by atoms with Gasteiger partial charge in [0.05, 0.1) is 12.7 Å². The Balaban J connectivity index is 2.01. The molecule has 1 heterocycles. The predicted octanol–water partition coefficient (Wildman–Crippen LogP) is 3.12. The van der Waals surface area contributed by atoms with Gasteiger partial charge in [0.2, 0.25) is 0 Å². The predicted molar refractivity (Wildman–Crippen MR) is 79.0 cm³/mol. The van der Waals surface area contributed by atoms with Crippen LogP contribution in [0.2, 0.25) is 0 Å². The summed E-state index contributed by atoms with van der Waals surface area (Å²) in [6, 6.07) is 6.66. The molecule has 0 unspecified atom stereocenters. The van der Waals surface area contributed by atoms with E-state index in [9.17, 15) is 4.39 Å². The summed E-state index contributed by atoms with van der Waals surface area (Å²) in [7, 11) is 0. The maximum atomic E-state index is 13.2. The molecule has 0 aliphatic rings. The molecule has 0 amide bonds. The summed E-state index contributed by atoms with van der Waals surface area (Å²) in [5.41, 5.74) is 3.26. The standard InChI is InChI=1S/C16H22FN3/c1-12(2)8-18-9-15-10-19-20(13(15)3)11-14-5-4-6-16(17)7-14/h4-7,10,12,18H,8-9,11H2,1-3H3. The van der Waals surface area contributed by atoms with Gasteiger partial charge in [-0.3, -0.25) is 4.68 Å². The van der Waals surface area contributed by atoms with E-state index in [2.05, 4.69) is 31.2 Å². The van der Waals surface area contributed by atoms with Crippen LogP contribution in [0.15, 0.2) is 30.5 Å². The van der Waals surface area contributed by atoms with E-state index < -0.39 is 0 Å².